The van der Waals surface area contributed by atoms with Crippen LogP contribution in [0, 0.1) is 5.92 Å². The van der Waals surface area contributed by atoms with E-state index in [2.05, 4.69) is 15.5 Å². The van der Waals surface area contributed by atoms with Crippen molar-refractivity contribution in [3.63, 3.8) is 0 Å². The molecule has 1 unspecified atom stereocenters. The Morgan fingerprint density at radius 3 is 2.62 bits per heavy atom. The molecule has 0 bridgehead atoms. The number of carbonyl (C=O) groups excluding carboxylic acids is 1. The summed E-state index contributed by atoms with van der Waals surface area (Å²) < 4.78 is 56.5. The summed E-state index contributed by atoms with van der Waals surface area (Å²) in [6.45, 7) is 6.03. The first-order chi connectivity index (χ1) is 19.9. The van der Waals surface area contributed by atoms with Crippen molar-refractivity contribution in [3.8, 4) is 17.3 Å². The molecule has 1 saturated carbocycles. The van der Waals surface area contributed by atoms with E-state index in [1.165, 1.54) is 23.2 Å². The molecule has 222 valence electrons. The van der Waals surface area contributed by atoms with Crippen LogP contribution in [0.2, 0.25) is 0 Å². The monoisotopic (exact) mass is 582 g/mol. The third-order valence-electron chi connectivity index (χ3n) is 7.44. The Hall–Kier alpha value is -3.93. The Kier molecular flexibility index (Phi) is 7.20. The Balaban J connectivity index is 1.29. The molecular formula is C30H33F3N6O3. The topological polar surface area (TPSA) is 93.9 Å². The van der Waals surface area contributed by atoms with E-state index in [0.717, 1.165) is 18.2 Å². The molecule has 2 atom stereocenters. The van der Waals surface area contributed by atoms with Crippen molar-refractivity contribution in [1.29, 1.82) is 0 Å². The predicted octanol–water partition coefficient (Wildman–Crippen LogP) is 5.94. The largest absolute Gasteiger partial charge is 0.491 e. The number of fused-ring (bicyclic) bond motifs is 2. The summed E-state index contributed by atoms with van der Waals surface area (Å²) in [5, 5.41) is 12.1. The number of alkyl carbamates (subject to hydrolysis) is 1. The highest BCUT2D eigenvalue weighted by Crippen LogP contribution is 2.40. The average molecular weight is 583 g/mol. The van der Waals surface area contributed by atoms with Crippen LogP contribution in [-0.2, 0) is 4.74 Å². The van der Waals surface area contributed by atoms with Crippen molar-refractivity contribution >= 4 is 22.6 Å². The smallest absolute Gasteiger partial charge is 0.408 e. The molecule has 42 heavy (non-hydrogen) atoms. The number of benzene rings is 1. The van der Waals surface area contributed by atoms with E-state index >= 15 is 0 Å². The zero-order chi connectivity index (χ0) is 29.6. The molecule has 2 fully saturated rings. The lowest BCUT2D eigenvalue weighted by atomic mass is 10.1. The highest BCUT2D eigenvalue weighted by molar-refractivity contribution is 5.86. The molecule has 6 rings (SSSR count). The fourth-order valence-corrected chi connectivity index (χ4v) is 5.32. The van der Waals surface area contributed by atoms with Crippen LogP contribution in [0.4, 0.5) is 18.0 Å². The fourth-order valence-electron chi connectivity index (χ4n) is 5.32. The van der Waals surface area contributed by atoms with Gasteiger partial charge in [0.05, 0.1) is 6.61 Å². The van der Waals surface area contributed by atoms with Gasteiger partial charge >= 0.3 is 12.3 Å². The highest BCUT2D eigenvalue weighted by atomic mass is 19.4. The molecular weight excluding hydrogens is 549 g/mol. The SMILES string of the molecule is CC(C)(C)OC(=O)N[C@H]1CCN(C(c2ccc3nnc(-c4ccc5cccc(OCC6CC6)c5n4)n3c2)C(F)(F)F)C1. The average Bonchev–Trinajstić information content (AvgIpc) is 3.48. The normalized spacial score (nSPS) is 18.9. The lowest BCUT2D eigenvalue weighted by Crippen LogP contribution is -2.42. The third-order valence-corrected chi connectivity index (χ3v) is 7.44. The second kappa shape index (κ2) is 10.7. The van der Waals surface area contributed by atoms with Crippen LogP contribution >= 0.6 is 0 Å². The van der Waals surface area contributed by atoms with Crippen molar-refractivity contribution < 1.29 is 27.4 Å². The summed E-state index contributed by atoms with van der Waals surface area (Å²) in [5.74, 6) is 1.57. The molecule has 0 radical (unpaired) electrons. The quantitative estimate of drug-likeness (QED) is 0.288. The van der Waals surface area contributed by atoms with Gasteiger partial charge in [-0.1, -0.05) is 24.3 Å². The summed E-state index contributed by atoms with van der Waals surface area (Å²) in [7, 11) is 0. The predicted molar refractivity (Wildman–Crippen MR) is 150 cm³/mol. The molecule has 4 aromatic rings. The van der Waals surface area contributed by atoms with E-state index in [4.69, 9.17) is 14.5 Å². The van der Waals surface area contributed by atoms with Gasteiger partial charge in [-0.15, -0.1) is 10.2 Å². The summed E-state index contributed by atoms with van der Waals surface area (Å²) in [4.78, 5) is 18.3. The zero-order valence-corrected chi connectivity index (χ0v) is 23.7. The van der Waals surface area contributed by atoms with Gasteiger partial charge in [0.15, 0.2) is 11.5 Å². The first kappa shape index (κ1) is 28.2. The number of para-hydroxylation sites is 1. The van der Waals surface area contributed by atoms with Gasteiger partial charge in [-0.25, -0.2) is 9.78 Å². The van der Waals surface area contributed by atoms with Gasteiger partial charge in [0.25, 0.3) is 0 Å². The molecule has 1 amide bonds. The van der Waals surface area contributed by atoms with Gasteiger partial charge < -0.3 is 14.8 Å². The van der Waals surface area contributed by atoms with Crippen molar-refractivity contribution in [2.24, 2.45) is 5.92 Å². The minimum Gasteiger partial charge on any atom is -0.491 e. The molecule has 4 heterocycles. The molecule has 3 aromatic heterocycles. The van der Waals surface area contributed by atoms with Gasteiger partial charge in [0.1, 0.15) is 28.6 Å². The molecule has 12 heteroatoms. The second-order valence-corrected chi connectivity index (χ2v) is 12.1. The van der Waals surface area contributed by atoms with E-state index in [-0.39, 0.29) is 18.7 Å². The van der Waals surface area contributed by atoms with Crippen LogP contribution in [0.25, 0.3) is 28.1 Å². The third kappa shape index (κ3) is 6.13. The molecule has 9 nitrogen and oxygen atoms in total. The van der Waals surface area contributed by atoms with Crippen molar-refractivity contribution in [2.75, 3.05) is 19.7 Å². The minimum absolute atomic E-state index is 0.0341. The Bertz CT molecular complexity index is 1610. The van der Waals surface area contributed by atoms with E-state index in [1.807, 2.05) is 24.3 Å². The van der Waals surface area contributed by atoms with Crippen LogP contribution in [0.1, 0.15) is 51.6 Å². The maximum Gasteiger partial charge on any atom is 0.408 e. The molecule has 0 spiro atoms. The van der Waals surface area contributed by atoms with E-state index < -0.39 is 30.0 Å². The van der Waals surface area contributed by atoms with Crippen molar-refractivity contribution in [3.05, 3.63) is 54.2 Å². The van der Waals surface area contributed by atoms with Crippen molar-refractivity contribution in [2.45, 2.75) is 63.9 Å². The fraction of sp³-hybridized carbons (Fsp3) is 0.467. The Morgan fingerprint density at radius 2 is 1.88 bits per heavy atom. The molecule has 2 aliphatic rings. The van der Waals surface area contributed by atoms with Crippen molar-refractivity contribution in [1.82, 2.24) is 29.8 Å². The zero-order valence-electron chi connectivity index (χ0n) is 23.7. The lowest BCUT2D eigenvalue weighted by Gasteiger charge is -2.30. The number of nitrogens with one attached hydrogen (secondary N) is 1. The first-order valence-electron chi connectivity index (χ1n) is 14.1. The maximum absolute atomic E-state index is 14.6. The number of likely N-dealkylation sites (tertiary alicyclic amines) is 1. The number of alkyl halides is 3. The van der Waals surface area contributed by atoms with Crippen LogP contribution in [0.15, 0.2) is 48.7 Å². The molecule has 1 aromatic carbocycles. The first-order valence-corrected chi connectivity index (χ1v) is 14.1. The standard InChI is InChI=1S/C30H33F3N6O3/c1-29(2,3)42-28(40)34-21-13-14-38(16-21)26(30(31,32)33)20-10-12-24-36-37-27(39(24)15-20)22-11-9-19-5-4-6-23(25(19)35-22)41-17-18-7-8-18/h4-6,9-12,15,18,21,26H,7-8,13-14,16-17H2,1-3H3,(H,34,40)/t21-,26?/m0/s1. The maximum atomic E-state index is 14.6. The van der Waals surface area contributed by atoms with E-state index in [1.54, 1.807) is 31.2 Å². The van der Waals surface area contributed by atoms with E-state index in [0.29, 0.717) is 47.4 Å². The Morgan fingerprint density at radius 1 is 1.07 bits per heavy atom. The van der Waals surface area contributed by atoms with E-state index in [9.17, 15) is 18.0 Å². The summed E-state index contributed by atoms with van der Waals surface area (Å²) in [6, 6.07) is 10.0. The van der Waals surface area contributed by atoms with Crippen LogP contribution in [0.5, 0.6) is 5.75 Å². The van der Waals surface area contributed by atoms with Gasteiger partial charge in [-0.2, -0.15) is 13.2 Å². The number of hydrogen-bond acceptors (Lipinski definition) is 7. The van der Waals surface area contributed by atoms with Gasteiger partial charge in [0, 0.05) is 30.7 Å². The molecule has 1 saturated heterocycles. The number of aromatic nitrogens is 4. The summed E-state index contributed by atoms with van der Waals surface area (Å²) in [6.07, 6.45) is -1.07. The minimum atomic E-state index is -4.56. The number of hydrogen-bond donors (Lipinski definition) is 1. The van der Waals surface area contributed by atoms with Gasteiger partial charge in [0.2, 0.25) is 0 Å². The van der Waals surface area contributed by atoms with Crippen LogP contribution in [-0.4, -0.2) is 68.1 Å². The highest BCUT2D eigenvalue weighted by Gasteiger charge is 2.47. The number of carbonyl (C=O) groups is 1. The molecule has 1 aliphatic carbocycles. The van der Waals surface area contributed by atoms with Crippen LogP contribution in [0.3, 0.4) is 0 Å². The number of ether oxygens (including phenoxy) is 2. The lowest BCUT2D eigenvalue weighted by molar-refractivity contribution is -0.184. The number of rotatable bonds is 7. The summed E-state index contributed by atoms with van der Waals surface area (Å²) >= 11 is 0. The number of nitrogens with zero attached hydrogens (tertiary/aromatic N) is 5. The van der Waals surface area contributed by atoms with Crippen LogP contribution < -0.4 is 10.1 Å². The second-order valence-electron chi connectivity index (χ2n) is 12.1. The number of halogens is 3. The van der Waals surface area contributed by atoms with Gasteiger partial charge in [-0.3, -0.25) is 9.30 Å². The number of amides is 1. The number of pyridine rings is 2. The Labute approximate surface area is 241 Å². The molecule has 1 aliphatic heterocycles. The van der Waals surface area contributed by atoms with Gasteiger partial charge in [-0.05, 0) is 69.7 Å². The summed E-state index contributed by atoms with van der Waals surface area (Å²) in [5.41, 5.74) is 0.885. The molecule has 1 N–H and O–H groups in total.